The first kappa shape index (κ1) is 21.1. The van der Waals surface area contributed by atoms with Crippen LogP contribution in [0.5, 0.6) is 0 Å². The molecule has 2 rings (SSSR count). The second-order valence-corrected chi connectivity index (χ2v) is 8.12. The second-order valence-electron chi connectivity index (χ2n) is 6.20. The standard InChI is InChI=1S/C17H23Cl2NOS.ClH/c1-20(2)9-4-10-22-12-16(21)17(7-3-8-17)13-5-6-14(18)15(19)11-13;/h5-6,11H,3-4,7-10,12H2,1-2H3;1H. The van der Waals surface area contributed by atoms with Gasteiger partial charge in [-0.05, 0) is 63.4 Å². The molecule has 0 aliphatic heterocycles. The highest BCUT2D eigenvalue weighted by Crippen LogP contribution is 2.46. The number of hydrogen-bond donors (Lipinski definition) is 0. The van der Waals surface area contributed by atoms with Gasteiger partial charge < -0.3 is 4.90 Å². The number of rotatable bonds is 8. The molecule has 0 spiro atoms. The third-order valence-corrected chi connectivity index (χ3v) is 6.12. The minimum Gasteiger partial charge on any atom is -0.309 e. The number of thioether (sulfide) groups is 1. The van der Waals surface area contributed by atoms with Crippen LogP contribution < -0.4 is 0 Å². The van der Waals surface area contributed by atoms with E-state index in [1.54, 1.807) is 17.8 Å². The summed E-state index contributed by atoms with van der Waals surface area (Å²) in [6.45, 7) is 1.07. The molecule has 0 bridgehead atoms. The summed E-state index contributed by atoms with van der Waals surface area (Å²) in [6.07, 6.45) is 4.09. The van der Waals surface area contributed by atoms with Crippen LogP contribution in [0.15, 0.2) is 18.2 Å². The van der Waals surface area contributed by atoms with Crippen molar-refractivity contribution >= 4 is 53.2 Å². The summed E-state index contributed by atoms with van der Waals surface area (Å²) in [7, 11) is 4.15. The zero-order valence-corrected chi connectivity index (χ0v) is 16.8. The Morgan fingerprint density at radius 2 is 1.96 bits per heavy atom. The van der Waals surface area contributed by atoms with Gasteiger partial charge in [-0.3, -0.25) is 4.79 Å². The van der Waals surface area contributed by atoms with Gasteiger partial charge in [0.15, 0.2) is 5.78 Å². The van der Waals surface area contributed by atoms with Gasteiger partial charge in [0.05, 0.1) is 21.2 Å². The van der Waals surface area contributed by atoms with Gasteiger partial charge >= 0.3 is 0 Å². The lowest BCUT2D eigenvalue weighted by molar-refractivity contribution is -0.125. The van der Waals surface area contributed by atoms with E-state index >= 15 is 0 Å². The number of Topliss-reactive ketones (excluding diaryl/α,β-unsaturated/α-hetero) is 1. The molecule has 6 heteroatoms. The van der Waals surface area contributed by atoms with Crippen molar-refractivity contribution in [2.24, 2.45) is 0 Å². The van der Waals surface area contributed by atoms with Crippen molar-refractivity contribution in [1.82, 2.24) is 4.90 Å². The summed E-state index contributed by atoms with van der Waals surface area (Å²) in [5.74, 6) is 1.96. The summed E-state index contributed by atoms with van der Waals surface area (Å²) in [4.78, 5) is 14.9. The molecule has 0 aromatic heterocycles. The Morgan fingerprint density at radius 1 is 1.26 bits per heavy atom. The molecule has 1 saturated carbocycles. The van der Waals surface area contributed by atoms with E-state index in [4.69, 9.17) is 23.2 Å². The molecule has 1 aromatic carbocycles. The molecule has 130 valence electrons. The van der Waals surface area contributed by atoms with E-state index < -0.39 is 0 Å². The van der Waals surface area contributed by atoms with E-state index in [0.717, 1.165) is 43.5 Å². The summed E-state index contributed by atoms with van der Waals surface area (Å²) >= 11 is 13.9. The Hall–Kier alpha value is 0.0700. The van der Waals surface area contributed by atoms with Crippen molar-refractivity contribution in [2.75, 3.05) is 32.1 Å². The van der Waals surface area contributed by atoms with E-state index in [0.29, 0.717) is 21.6 Å². The summed E-state index contributed by atoms with van der Waals surface area (Å²) < 4.78 is 0. The first-order valence-electron chi connectivity index (χ1n) is 7.67. The summed E-state index contributed by atoms with van der Waals surface area (Å²) in [5, 5.41) is 1.09. The largest absolute Gasteiger partial charge is 0.309 e. The average Bonchev–Trinajstić information content (AvgIpc) is 2.41. The molecule has 1 aromatic rings. The minimum absolute atomic E-state index is 0. The van der Waals surface area contributed by atoms with E-state index in [1.807, 2.05) is 12.1 Å². The van der Waals surface area contributed by atoms with Crippen LogP contribution in [0, 0.1) is 0 Å². The molecular weight excluding hydrogens is 373 g/mol. The third kappa shape index (κ3) is 5.27. The Morgan fingerprint density at radius 3 is 2.48 bits per heavy atom. The smallest absolute Gasteiger partial charge is 0.153 e. The first-order valence-corrected chi connectivity index (χ1v) is 9.58. The average molecular weight is 397 g/mol. The zero-order valence-electron chi connectivity index (χ0n) is 13.6. The molecule has 0 unspecified atom stereocenters. The molecule has 0 amide bonds. The van der Waals surface area contributed by atoms with Gasteiger partial charge in [-0.1, -0.05) is 35.7 Å². The van der Waals surface area contributed by atoms with E-state index in [9.17, 15) is 4.79 Å². The maximum atomic E-state index is 12.7. The van der Waals surface area contributed by atoms with Crippen LogP contribution in [0.3, 0.4) is 0 Å². The van der Waals surface area contributed by atoms with Gasteiger partial charge in [0.1, 0.15) is 0 Å². The van der Waals surface area contributed by atoms with Crippen molar-refractivity contribution in [3.05, 3.63) is 33.8 Å². The van der Waals surface area contributed by atoms with Crippen LogP contribution in [0.25, 0.3) is 0 Å². The van der Waals surface area contributed by atoms with E-state index in [2.05, 4.69) is 19.0 Å². The number of hydrogen-bond acceptors (Lipinski definition) is 3. The molecule has 1 fully saturated rings. The van der Waals surface area contributed by atoms with Crippen molar-refractivity contribution < 1.29 is 4.79 Å². The molecular formula is C17H24Cl3NOS. The number of carbonyl (C=O) groups excluding carboxylic acids is 1. The van der Waals surface area contributed by atoms with Crippen LogP contribution in [-0.2, 0) is 10.2 Å². The predicted molar refractivity (Wildman–Crippen MR) is 105 cm³/mol. The molecule has 2 nitrogen and oxygen atoms in total. The molecule has 0 atom stereocenters. The SMILES string of the molecule is CN(C)CCCSCC(=O)C1(c2ccc(Cl)c(Cl)c2)CCC1.Cl. The molecule has 0 heterocycles. The van der Waals surface area contributed by atoms with Gasteiger partial charge in [-0.2, -0.15) is 11.8 Å². The fourth-order valence-corrected chi connectivity index (χ4v) is 4.08. The number of nitrogens with zero attached hydrogens (tertiary/aromatic N) is 1. The summed E-state index contributed by atoms with van der Waals surface area (Å²) in [5.41, 5.74) is 0.718. The molecule has 1 aliphatic carbocycles. The molecule has 23 heavy (non-hydrogen) atoms. The van der Waals surface area contributed by atoms with Crippen molar-refractivity contribution in [2.45, 2.75) is 31.1 Å². The number of ketones is 1. The van der Waals surface area contributed by atoms with Gasteiger partial charge in [-0.25, -0.2) is 0 Å². The maximum absolute atomic E-state index is 12.7. The lowest BCUT2D eigenvalue weighted by Crippen LogP contribution is -2.43. The fourth-order valence-electron chi connectivity index (χ4n) is 2.84. The van der Waals surface area contributed by atoms with Crippen LogP contribution in [0.1, 0.15) is 31.2 Å². The third-order valence-electron chi connectivity index (χ3n) is 4.34. The number of halogens is 3. The van der Waals surface area contributed by atoms with Crippen LogP contribution >= 0.6 is 47.4 Å². The van der Waals surface area contributed by atoms with Crippen molar-refractivity contribution in [3.8, 4) is 0 Å². The normalized spacial score (nSPS) is 15.9. The van der Waals surface area contributed by atoms with Crippen molar-refractivity contribution in [3.63, 3.8) is 0 Å². The monoisotopic (exact) mass is 395 g/mol. The van der Waals surface area contributed by atoms with E-state index in [1.165, 1.54) is 0 Å². The van der Waals surface area contributed by atoms with Crippen LogP contribution in [-0.4, -0.2) is 42.8 Å². The Bertz CT molecular complexity index is 533. The number of carbonyl (C=O) groups is 1. The van der Waals surface area contributed by atoms with Crippen LogP contribution in [0.4, 0.5) is 0 Å². The van der Waals surface area contributed by atoms with Gasteiger partial charge in [0.25, 0.3) is 0 Å². The van der Waals surface area contributed by atoms with Crippen molar-refractivity contribution in [1.29, 1.82) is 0 Å². The highest BCUT2D eigenvalue weighted by Gasteiger charge is 2.44. The fraction of sp³-hybridized carbons (Fsp3) is 0.588. The lowest BCUT2D eigenvalue weighted by Gasteiger charge is -2.41. The molecule has 0 radical (unpaired) electrons. The quantitative estimate of drug-likeness (QED) is 0.571. The molecule has 0 saturated heterocycles. The van der Waals surface area contributed by atoms with E-state index in [-0.39, 0.29) is 17.8 Å². The highest BCUT2D eigenvalue weighted by molar-refractivity contribution is 7.99. The molecule has 1 aliphatic rings. The topological polar surface area (TPSA) is 20.3 Å². The Labute approximate surface area is 159 Å². The number of benzene rings is 1. The maximum Gasteiger partial charge on any atom is 0.153 e. The first-order chi connectivity index (χ1) is 10.5. The Balaban J connectivity index is 0.00000264. The van der Waals surface area contributed by atoms with Gasteiger partial charge in [0, 0.05) is 0 Å². The minimum atomic E-state index is -0.317. The second kappa shape index (κ2) is 9.53. The van der Waals surface area contributed by atoms with Crippen LogP contribution in [0.2, 0.25) is 10.0 Å². The lowest BCUT2D eigenvalue weighted by atomic mass is 9.62. The zero-order chi connectivity index (χ0) is 16.2. The van der Waals surface area contributed by atoms with Gasteiger partial charge in [-0.15, -0.1) is 12.4 Å². The summed E-state index contributed by atoms with van der Waals surface area (Å²) in [6, 6.07) is 5.64. The highest BCUT2D eigenvalue weighted by atomic mass is 35.5. The Kier molecular flexibility index (Phi) is 8.75. The van der Waals surface area contributed by atoms with Gasteiger partial charge in [0.2, 0.25) is 0 Å². The molecule has 0 N–H and O–H groups in total. The predicted octanol–water partition coefficient (Wildman–Crippen LogP) is 5.09.